The van der Waals surface area contributed by atoms with Crippen molar-refractivity contribution < 1.29 is 0 Å². The minimum atomic E-state index is 0.243. The van der Waals surface area contributed by atoms with Gasteiger partial charge in [-0.2, -0.15) is 0 Å². The van der Waals surface area contributed by atoms with Crippen LogP contribution in [0.15, 0.2) is 0 Å². The van der Waals surface area contributed by atoms with Crippen molar-refractivity contribution >= 4 is 0 Å². The van der Waals surface area contributed by atoms with Crippen molar-refractivity contribution in [2.45, 2.75) is 81.7 Å². The van der Waals surface area contributed by atoms with Crippen molar-refractivity contribution in [3.63, 3.8) is 0 Å². The van der Waals surface area contributed by atoms with Crippen molar-refractivity contribution in [1.29, 1.82) is 0 Å². The second-order valence-corrected chi connectivity index (χ2v) is 9.17. The lowest BCUT2D eigenvalue weighted by Gasteiger charge is -2.52. The number of hydrogen-bond donors (Lipinski definition) is 3. The Hall–Kier alpha value is -0.200. The molecule has 0 aliphatic heterocycles. The van der Waals surface area contributed by atoms with E-state index >= 15 is 0 Å². The van der Waals surface area contributed by atoms with Crippen LogP contribution in [0.25, 0.3) is 0 Å². The van der Waals surface area contributed by atoms with Crippen LogP contribution < -0.4 is 16.0 Å². The maximum Gasteiger partial charge on any atom is 0.0257 e. The van der Waals surface area contributed by atoms with Gasteiger partial charge in [-0.15, -0.1) is 0 Å². The molecule has 2 saturated carbocycles. The van der Waals surface area contributed by atoms with E-state index in [0.717, 1.165) is 0 Å². The van der Waals surface area contributed by atoms with Crippen LogP contribution in [0.5, 0.6) is 0 Å². The summed E-state index contributed by atoms with van der Waals surface area (Å²) < 4.78 is 0. The summed E-state index contributed by atoms with van der Waals surface area (Å²) in [4.78, 5) is 4.84. The molecule has 148 valence electrons. The molecule has 2 rings (SSSR count). The fraction of sp³-hybridized carbons (Fsp3) is 1.00. The molecule has 0 saturated heterocycles. The fourth-order valence-electron chi connectivity index (χ4n) is 5.34. The first-order chi connectivity index (χ1) is 11.7. The van der Waals surface area contributed by atoms with Gasteiger partial charge in [0.2, 0.25) is 0 Å². The molecular formula is C20H43N5. The average molecular weight is 354 g/mol. The summed E-state index contributed by atoms with van der Waals surface area (Å²) in [5.74, 6) is 0.653. The molecule has 0 aromatic carbocycles. The molecule has 0 spiro atoms. The number of hydrogen-bond acceptors (Lipinski definition) is 5. The first-order valence-corrected chi connectivity index (χ1v) is 10.2. The zero-order valence-electron chi connectivity index (χ0n) is 17.9. The summed E-state index contributed by atoms with van der Waals surface area (Å²) in [5, 5.41) is 11.2. The van der Waals surface area contributed by atoms with Crippen molar-refractivity contribution in [3.8, 4) is 0 Å². The van der Waals surface area contributed by atoms with E-state index in [1.54, 1.807) is 0 Å². The highest BCUT2D eigenvalue weighted by atomic mass is 15.2. The van der Waals surface area contributed by atoms with E-state index in [9.17, 15) is 0 Å². The van der Waals surface area contributed by atoms with Crippen molar-refractivity contribution in [2.24, 2.45) is 5.92 Å². The van der Waals surface area contributed by atoms with Gasteiger partial charge in [-0.05, 0) is 87.2 Å². The molecule has 0 bridgehead atoms. The summed E-state index contributed by atoms with van der Waals surface area (Å²) in [6.45, 7) is 4.86. The van der Waals surface area contributed by atoms with Crippen molar-refractivity contribution in [2.75, 3.05) is 42.3 Å². The molecule has 2 aliphatic carbocycles. The van der Waals surface area contributed by atoms with Gasteiger partial charge in [0.25, 0.3) is 0 Å². The predicted octanol–water partition coefficient (Wildman–Crippen LogP) is 1.35. The van der Waals surface area contributed by atoms with Crippen LogP contribution in [0.1, 0.15) is 46.0 Å². The van der Waals surface area contributed by atoms with Gasteiger partial charge < -0.3 is 25.8 Å². The maximum absolute atomic E-state index is 4.06. The first kappa shape index (κ1) is 21.1. The molecule has 0 amide bonds. The van der Waals surface area contributed by atoms with Crippen LogP contribution in [0.3, 0.4) is 0 Å². The number of likely N-dealkylation sites (N-methyl/N-ethyl adjacent to an activating group) is 2. The highest BCUT2D eigenvalue weighted by molar-refractivity contribution is 5.04. The van der Waals surface area contributed by atoms with Crippen LogP contribution in [-0.2, 0) is 0 Å². The van der Waals surface area contributed by atoms with E-state index in [-0.39, 0.29) is 5.54 Å². The lowest BCUT2D eigenvalue weighted by atomic mass is 9.69. The minimum Gasteiger partial charge on any atom is -0.317 e. The van der Waals surface area contributed by atoms with E-state index in [1.165, 1.54) is 32.1 Å². The largest absolute Gasteiger partial charge is 0.317 e. The highest BCUT2D eigenvalue weighted by Gasteiger charge is 2.45. The molecule has 5 nitrogen and oxygen atoms in total. The van der Waals surface area contributed by atoms with Gasteiger partial charge in [0.05, 0.1) is 0 Å². The van der Waals surface area contributed by atoms with Crippen molar-refractivity contribution in [1.82, 2.24) is 25.8 Å². The summed E-state index contributed by atoms with van der Waals surface area (Å²) in [5.41, 5.74) is 0.243. The lowest BCUT2D eigenvalue weighted by molar-refractivity contribution is 0.0218. The van der Waals surface area contributed by atoms with E-state index in [0.29, 0.717) is 36.1 Å². The molecule has 0 aromatic heterocycles. The zero-order valence-corrected chi connectivity index (χ0v) is 17.9. The molecule has 7 unspecified atom stereocenters. The minimum absolute atomic E-state index is 0.243. The number of nitrogens with one attached hydrogen (secondary N) is 3. The van der Waals surface area contributed by atoms with Gasteiger partial charge in [-0.3, -0.25) is 0 Å². The van der Waals surface area contributed by atoms with Gasteiger partial charge in [0, 0.05) is 35.7 Å². The topological polar surface area (TPSA) is 42.6 Å². The monoisotopic (exact) mass is 353 g/mol. The van der Waals surface area contributed by atoms with Crippen LogP contribution in [0.4, 0.5) is 0 Å². The third kappa shape index (κ3) is 4.56. The second kappa shape index (κ2) is 8.66. The highest BCUT2D eigenvalue weighted by Crippen LogP contribution is 2.38. The zero-order chi connectivity index (χ0) is 18.8. The average Bonchev–Trinajstić information content (AvgIpc) is 2.57. The van der Waals surface area contributed by atoms with Crippen LogP contribution >= 0.6 is 0 Å². The maximum atomic E-state index is 4.06. The SMILES string of the molecule is CNC1CCC(NC2CC(NC)C(C)C(C)(N(C)C)C2)CC1N(C)C. The summed E-state index contributed by atoms with van der Waals surface area (Å²) >= 11 is 0. The lowest BCUT2D eigenvalue weighted by Crippen LogP contribution is -2.63. The van der Waals surface area contributed by atoms with E-state index in [4.69, 9.17) is 0 Å². The molecule has 0 radical (unpaired) electrons. The second-order valence-electron chi connectivity index (χ2n) is 9.17. The fourth-order valence-corrected chi connectivity index (χ4v) is 5.34. The molecule has 3 N–H and O–H groups in total. The molecular weight excluding hydrogens is 310 g/mol. The molecule has 25 heavy (non-hydrogen) atoms. The number of rotatable bonds is 6. The Labute approximate surface area is 156 Å². The predicted molar refractivity (Wildman–Crippen MR) is 108 cm³/mol. The smallest absolute Gasteiger partial charge is 0.0257 e. The van der Waals surface area contributed by atoms with Crippen LogP contribution in [0.2, 0.25) is 0 Å². The Kier molecular flexibility index (Phi) is 7.31. The van der Waals surface area contributed by atoms with E-state index in [1.807, 2.05) is 0 Å². The molecule has 2 aliphatic rings. The summed E-state index contributed by atoms with van der Waals surface area (Å²) in [6, 6.07) is 3.06. The molecule has 7 atom stereocenters. The van der Waals surface area contributed by atoms with Gasteiger partial charge >= 0.3 is 0 Å². The standard InChI is InChI=1S/C20H43N5/c1-14-18(22-4)11-16(13-20(14,2)25(7)8)23-15-9-10-17(21-3)19(12-15)24(5)6/h14-19,21-23H,9-13H2,1-8H3. The molecule has 0 aromatic rings. The Morgan fingerprint density at radius 1 is 0.880 bits per heavy atom. The number of nitrogens with zero attached hydrogens (tertiary/aromatic N) is 2. The first-order valence-electron chi connectivity index (χ1n) is 10.2. The van der Waals surface area contributed by atoms with Gasteiger partial charge in [-0.1, -0.05) is 6.92 Å². The quantitative estimate of drug-likeness (QED) is 0.673. The third-order valence-electron chi connectivity index (χ3n) is 7.50. The van der Waals surface area contributed by atoms with Gasteiger partial charge in [0.15, 0.2) is 0 Å². The van der Waals surface area contributed by atoms with Crippen LogP contribution in [0, 0.1) is 5.92 Å². The normalized spacial score (nSPS) is 43.0. The summed E-state index contributed by atoms with van der Waals surface area (Å²) in [7, 11) is 13.2. The molecule has 0 heterocycles. The summed E-state index contributed by atoms with van der Waals surface area (Å²) in [6.07, 6.45) is 6.26. The third-order valence-corrected chi connectivity index (χ3v) is 7.50. The molecule has 2 fully saturated rings. The van der Waals surface area contributed by atoms with E-state index in [2.05, 4.69) is 81.9 Å². The van der Waals surface area contributed by atoms with E-state index < -0.39 is 0 Å². The molecule has 5 heteroatoms. The van der Waals surface area contributed by atoms with Gasteiger partial charge in [-0.25, -0.2) is 0 Å². The van der Waals surface area contributed by atoms with Crippen LogP contribution in [-0.4, -0.2) is 87.8 Å². The van der Waals surface area contributed by atoms with Crippen molar-refractivity contribution in [3.05, 3.63) is 0 Å². The Bertz CT molecular complexity index is 413. The van der Waals surface area contributed by atoms with Gasteiger partial charge in [0.1, 0.15) is 0 Å². The Morgan fingerprint density at radius 3 is 2.04 bits per heavy atom. The Morgan fingerprint density at radius 2 is 1.52 bits per heavy atom. The Balaban J connectivity index is 2.04.